The van der Waals surface area contributed by atoms with Crippen molar-refractivity contribution in [3.05, 3.63) is 35.9 Å². The molecule has 0 aromatic heterocycles. The van der Waals surface area contributed by atoms with E-state index in [0.29, 0.717) is 13.1 Å². The first-order chi connectivity index (χ1) is 7.66. The summed E-state index contributed by atoms with van der Waals surface area (Å²) in [6.07, 6.45) is 0.127. The van der Waals surface area contributed by atoms with E-state index in [1.807, 2.05) is 30.3 Å². The van der Waals surface area contributed by atoms with Crippen LogP contribution in [0.4, 0.5) is 0 Å². The van der Waals surface area contributed by atoms with Crippen LogP contribution in [0.1, 0.15) is 12.0 Å². The van der Waals surface area contributed by atoms with Gasteiger partial charge in [0.2, 0.25) is 5.91 Å². The van der Waals surface area contributed by atoms with Gasteiger partial charge in [-0.2, -0.15) is 0 Å². The quantitative estimate of drug-likeness (QED) is 0.828. The number of benzene rings is 1. The molecular formula is C12H13NO3. The highest BCUT2D eigenvalue weighted by atomic mass is 16.4. The highest BCUT2D eigenvalue weighted by molar-refractivity contribution is 5.86. The van der Waals surface area contributed by atoms with E-state index in [-0.39, 0.29) is 12.3 Å². The van der Waals surface area contributed by atoms with E-state index in [1.165, 1.54) is 0 Å². The predicted octanol–water partition coefficient (Wildman–Crippen LogP) is 1.12. The minimum Gasteiger partial charge on any atom is -0.481 e. The van der Waals surface area contributed by atoms with Gasteiger partial charge in [-0.3, -0.25) is 9.59 Å². The average Bonchev–Trinajstić information content (AvgIpc) is 2.62. The monoisotopic (exact) mass is 219 g/mol. The Morgan fingerprint density at radius 3 is 2.62 bits per heavy atom. The molecule has 0 saturated carbocycles. The Hall–Kier alpha value is -1.84. The lowest BCUT2D eigenvalue weighted by Crippen LogP contribution is -2.25. The summed E-state index contributed by atoms with van der Waals surface area (Å²) >= 11 is 0. The average molecular weight is 219 g/mol. The van der Waals surface area contributed by atoms with Gasteiger partial charge in [-0.25, -0.2) is 0 Å². The summed E-state index contributed by atoms with van der Waals surface area (Å²) in [5.74, 6) is -1.50. The van der Waals surface area contributed by atoms with E-state index in [1.54, 1.807) is 4.90 Å². The Morgan fingerprint density at radius 2 is 2.06 bits per heavy atom. The summed E-state index contributed by atoms with van der Waals surface area (Å²) in [5.41, 5.74) is 1.03. The molecule has 1 aromatic rings. The maximum atomic E-state index is 11.6. The van der Waals surface area contributed by atoms with E-state index in [0.717, 1.165) is 5.56 Å². The molecule has 1 heterocycles. The molecule has 1 saturated heterocycles. The predicted molar refractivity (Wildman–Crippen MR) is 57.6 cm³/mol. The van der Waals surface area contributed by atoms with Gasteiger partial charge in [0.25, 0.3) is 0 Å². The Kier molecular flexibility index (Phi) is 2.90. The SMILES string of the molecule is O=C(O)[C@@H]1CC(=O)N(Cc2ccccc2)C1. The van der Waals surface area contributed by atoms with Crippen molar-refractivity contribution < 1.29 is 14.7 Å². The molecule has 2 rings (SSSR count). The van der Waals surface area contributed by atoms with Crippen LogP contribution < -0.4 is 0 Å². The van der Waals surface area contributed by atoms with E-state index in [2.05, 4.69) is 0 Å². The van der Waals surface area contributed by atoms with E-state index >= 15 is 0 Å². The molecule has 1 aliphatic heterocycles. The lowest BCUT2D eigenvalue weighted by molar-refractivity contribution is -0.141. The van der Waals surface area contributed by atoms with Gasteiger partial charge in [0.15, 0.2) is 0 Å². The van der Waals surface area contributed by atoms with Crippen molar-refractivity contribution in [2.75, 3.05) is 6.54 Å². The van der Waals surface area contributed by atoms with Crippen LogP contribution in [-0.2, 0) is 16.1 Å². The Labute approximate surface area is 93.5 Å². The summed E-state index contributed by atoms with van der Waals surface area (Å²) in [4.78, 5) is 23.9. The summed E-state index contributed by atoms with van der Waals surface area (Å²) in [5, 5.41) is 8.84. The second-order valence-corrected chi connectivity index (χ2v) is 4.00. The van der Waals surface area contributed by atoms with Crippen molar-refractivity contribution in [3.63, 3.8) is 0 Å². The smallest absolute Gasteiger partial charge is 0.308 e. The Bertz CT molecular complexity index is 402. The fourth-order valence-electron chi connectivity index (χ4n) is 1.89. The van der Waals surface area contributed by atoms with Crippen molar-refractivity contribution in [1.82, 2.24) is 4.90 Å². The number of carbonyl (C=O) groups is 2. The number of nitrogens with zero attached hydrogens (tertiary/aromatic N) is 1. The third kappa shape index (κ3) is 2.21. The number of hydrogen-bond donors (Lipinski definition) is 1. The zero-order chi connectivity index (χ0) is 11.5. The first kappa shape index (κ1) is 10.7. The van der Waals surface area contributed by atoms with Crippen LogP contribution in [0.3, 0.4) is 0 Å². The van der Waals surface area contributed by atoms with Crippen LogP contribution in [0.15, 0.2) is 30.3 Å². The van der Waals surface area contributed by atoms with Gasteiger partial charge in [-0.15, -0.1) is 0 Å². The number of carbonyl (C=O) groups excluding carboxylic acids is 1. The van der Waals surface area contributed by atoms with Gasteiger partial charge in [0, 0.05) is 19.5 Å². The topological polar surface area (TPSA) is 57.6 Å². The van der Waals surface area contributed by atoms with E-state index < -0.39 is 11.9 Å². The highest BCUT2D eigenvalue weighted by Crippen LogP contribution is 2.20. The summed E-state index contributed by atoms with van der Waals surface area (Å²) < 4.78 is 0. The standard InChI is InChI=1S/C12H13NO3/c14-11-6-10(12(15)16)8-13(11)7-9-4-2-1-3-5-9/h1-5,10H,6-8H2,(H,15,16)/t10-/m1/s1. The fraction of sp³-hybridized carbons (Fsp3) is 0.333. The molecule has 0 spiro atoms. The second kappa shape index (κ2) is 4.35. The molecule has 1 amide bonds. The minimum atomic E-state index is -0.885. The molecule has 4 heteroatoms. The second-order valence-electron chi connectivity index (χ2n) is 4.00. The fourth-order valence-corrected chi connectivity index (χ4v) is 1.89. The molecule has 4 nitrogen and oxygen atoms in total. The van der Waals surface area contributed by atoms with Gasteiger partial charge in [0.05, 0.1) is 5.92 Å². The zero-order valence-electron chi connectivity index (χ0n) is 8.80. The molecule has 0 radical (unpaired) electrons. The van der Waals surface area contributed by atoms with Gasteiger partial charge < -0.3 is 10.0 Å². The van der Waals surface area contributed by atoms with Crippen LogP contribution in [0, 0.1) is 5.92 Å². The lowest BCUT2D eigenvalue weighted by atomic mass is 10.1. The normalized spacial score (nSPS) is 20.1. The largest absolute Gasteiger partial charge is 0.481 e. The lowest BCUT2D eigenvalue weighted by Gasteiger charge is -2.15. The van der Waals surface area contributed by atoms with E-state index in [4.69, 9.17) is 5.11 Å². The summed E-state index contributed by atoms with van der Waals surface area (Å²) in [6, 6.07) is 9.59. The van der Waals surface area contributed by atoms with Crippen LogP contribution in [0.25, 0.3) is 0 Å². The number of amides is 1. The van der Waals surface area contributed by atoms with Crippen molar-refractivity contribution in [2.24, 2.45) is 5.92 Å². The molecular weight excluding hydrogens is 206 g/mol. The first-order valence-corrected chi connectivity index (χ1v) is 5.21. The van der Waals surface area contributed by atoms with Crippen LogP contribution in [0.5, 0.6) is 0 Å². The summed E-state index contributed by atoms with van der Waals surface area (Å²) in [7, 11) is 0. The molecule has 1 N–H and O–H groups in total. The molecule has 84 valence electrons. The Balaban J connectivity index is 2.02. The third-order valence-corrected chi connectivity index (χ3v) is 2.78. The number of hydrogen-bond acceptors (Lipinski definition) is 2. The van der Waals surface area contributed by atoms with Gasteiger partial charge >= 0.3 is 5.97 Å². The molecule has 0 aliphatic carbocycles. The van der Waals surface area contributed by atoms with Crippen LogP contribution in [-0.4, -0.2) is 28.4 Å². The van der Waals surface area contributed by atoms with Crippen molar-refractivity contribution in [1.29, 1.82) is 0 Å². The summed E-state index contributed by atoms with van der Waals surface area (Å²) in [6.45, 7) is 0.826. The van der Waals surface area contributed by atoms with Gasteiger partial charge in [0.1, 0.15) is 0 Å². The van der Waals surface area contributed by atoms with E-state index in [9.17, 15) is 9.59 Å². The van der Waals surface area contributed by atoms with Gasteiger partial charge in [-0.05, 0) is 5.56 Å². The van der Waals surface area contributed by atoms with Crippen molar-refractivity contribution in [3.8, 4) is 0 Å². The molecule has 16 heavy (non-hydrogen) atoms. The minimum absolute atomic E-state index is 0.0729. The molecule has 0 bridgehead atoms. The van der Waals surface area contributed by atoms with Crippen molar-refractivity contribution in [2.45, 2.75) is 13.0 Å². The Morgan fingerprint density at radius 1 is 1.38 bits per heavy atom. The van der Waals surface area contributed by atoms with Crippen LogP contribution in [0.2, 0.25) is 0 Å². The van der Waals surface area contributed by atoms with Crippen LogP contribution >= 0.6 is 0 Å². The molecule has 1 aromatic carbocycles. The first-order valence-electron chi connectivity index (χ1n) is 5.21. The maximum Gasteiger partial charge on any atom is 0.308 e. The van der Waals surface area contributed by atoms with Crippen molar-refractivity contribution >= 4 is 11.9 Å². The number of carboxylic acid groups (broad SMARTS) is 1. The number of carboxylic acids is 1. The number of aliphatic carboxylic acids is 1. The molecule has 1 aliphatic rings. The highest BCUT2D eigenvalue weighted by Gasteiger charge is 2.33. The number of rotatable bonds is 3. The molecule has 0 unspecified atom stereocenters. The maximum absolute atomic E-state index is 11.6. The third-order valence-electron chi connectivity index (χ3n) is 2.78. The molecule has 1 fully saturated rings. The zero-order valence-corrected chi connectivity index (χ0v) is 8.80. The number of likely N-dealkylation sites (tertiary alicyclic amines) is 1. The van der Waals surface area contributed by atoms with Gasteiger partial charge in [-0.1, -0.05) is 30.3 Å². The molecule has 1 atom stereocenters.